The Balaban J connectivity index is 1.97. The van der Waals surface area contributed by atoms with Gasteiger partial charge in [0, 0.05) is 10.4 Å². The van der Waals surface area contributed by atoms with Gasteiger partial charge in [0.05, 0.1) is 29.0 Å². The standard InChI is InChI=1S/C18H20FN5OS2/c1-18(10-27(25)24(2)17(22)23-18)16-13(19)9-15(26-16)12-5-3-4-11(8-12)14(21)6-7-20/h3-9,21H,10,20H2,1-2H3,(H2,22,23)/b7-6-,21-14?. The molecule has 1 aliphatic rings. The molecule has 9 heteroatoms. The number of benzene rings is 1. The first-order chi connectivity index (χ1) is 12.7. The highest BCUT2D eigenvalue weighted by atomic mass is 32.2. The molecule has 1 aliphatic heterocycles. The second-order valence-electron chi connectivity index (χ2n) is 6.41. The van der Waals surface area contributed by atoms with Crippen molar-refractivity contribution in [3.63, 3.8) is 0 Å². The summed E-state index contributed by atoms with van der Waals surface area (Å²) in [7, 11) is 1.57. The molecule has 0 bridgehead atoms. The number of halogens is 1. The van der Waals surface area contributed by atoms with Crippen LogP contribution in [0.15, 0.2) is 42.6 Å². The van der Waals surface area contributed by atoms with Gasteiger partial charge < -0.3 is 21.0 Å². The smallest absolute Gasteiger partial charge is 0.234 e. The zero-order chi connectivity index (χ0) is 19.8. The molecule has 27 heavy (non-hydrogen) atoms. The van der Waals surface area contributed by atoms with Crippen molar-refractivity contribution in [2.75, 3.05) is 12.8 Å². The van der Waals surface area contributed by atoms with E-state index in [1.807, 2.05) is 12.1 Å². The fourth-order valence-electron chi connectivity index (χ4n) is 2.86. The molecule has 1 aromatic heterocycles. The zero-order valence-electron chi connectivity index (χ0n) is 14.9. The van der Waals surface area contributed by atoms with Gasteiger partial charge in [0.25, 0.3) is 0 Å². The van der Waals surface area contributed by atoms with Crippen LogP contribution in [0, 0.1) is 16.6 Å². The van der Waals surface area contributed by atoms with Crippen molar-refractivity contribution in [1.29, 1.82) is 10.8 Å². The van der Waals surface area contributed by atoms with E-state index in [-0.39, 0.29) is 17.4 Å². The summed E-state index contributed by atoms with van der Waals surface area (Å²) < 4.78 is 28.4. The van der Waals surface area contributed by atoms with E-state index in [0.29, 0.717) is 15.3 Å². The number of allylic oxidation sites excluding steroid dienone is 1. The number of nitrogens with zero attached hydrogens (tertiary/aromatic N) is 1. The molecule has 0 spiro atoms. The van der Waals surface area contributed by atoms with Crippen LogP contribution < -0.4 is 11.1 Å². The normalized spacial score (nSPS) is 22.9. The number of guanidine groups is 1. The van der Waals surface area contributed by atoms with Gasteiger partial charge in [0.2, 0.25) is 5.96 Å². The summed E-state index contributed by atoms with van der Waals surface area (Å²) in [4.78, 5) is 1.11. The maximum absolute atomic E-state index is 14.8. The molecule has 0 aliphatic carbocycles. The van der Waals surface area contributed by atoms with Crippen molar-refractivity contribution in [2.45, 2.75) is 12.5 Å². The second-order valence-corrected chi connectivity index (χ2v) is 8.94. The Morgan fingerprint density at radius 1 is 1.48 bits per heavy atom. The van der Waals surface area contributed by atoms with Gasteiger partial charge >= 0.3 is 0 Å². The molecule has 3 rings (SSSR count). The molecule has 142 valence electrons. The topological polar surface area (TPSA) is 112 Å². The SMILES string of the molecule is CN1C(=N)NC(C)(c2sc(-c3cccc(C(=N)/C=C\N)c3)cc2F)C[S+]1[O-]. The van der Waals surface area contributed by atoms with Crippen LogP contribution in [0.1, 0.15) is 17.4 Å². The monoisotopic (exact) mass is 405 g/mol. The minimum Gasteiger partial charge on any atom is -0.593 e. The van der Waals surface area contributed by atoms with Gasteiger partial charge in [-0.05, 0) is 36.9 Å². The molecule has 1 saturated heterocycles. The Kier molecular flexibility index (Phi) is 5.27. The van der Waals surface area contributed by atoms with Crippen LogP contribution in [0.4, 0.5) is 4.39 Å². The van der Waals surface area contributed by atoms with Crippen LogP contribution in [0.3, 0.4) is 0 Å². The number of rotatable bonds is 4. The molecule has 5 N–H and O–H groups in total. The van der Waals surface area contributed by atoms with E-state index in [9.17, 15) is 8.94 Å². The van der Waals surface area contributed by atoms with Crippen LogP contribution in [-0.4, -0.2) is 33.3 Å². The van der Waals surface area contributed by atoms with Gasteiger partial charge in [0.1, 0.15) is 11.4 Å². The molecule has 0 amide bonds. The molecule has 1 fully saturated rings. The van der Waals surface area contributed by atoms with Crippen molar-refractivity contribution in [3.05, 3.63) is 58.9 Å². The van der Waals surface area contributed by atoms with E-state index >= 15 is 0 Å². The number of hydrogen-bond donors (Lipinski definition) is 4. The van der Waals surface area contributed by atoms with Crippen molar-refractivity contribution < 1.29 is 8.94 Å². The lowest BCUT2D eigenvalue weighted by Gasteiger charge is -2.39. The third kappa shape index (κ3) is 3.71. The highest BCUT2D eigenvalue weighted by Gasteiger charge is 2.44. The third-order valence-corrected chi connectivity index (χ3v) is 7.38. The Morgan fingerprint density at radius 2 is 2.22 bits per heavy atom. The quantitative estimate of drug-likeness (QED) is 0.463. The van der Waals surface area contributed by atoms with Gasteiger partial charge in [-0.1, -0.05) is 18.2 Å². The lowest BCUT2D eigenvalue weighted by Crippen LogP contribution is -2.60. The first-order valence-corrected chi connectivity index (χ1v) is 10.2. The number of hydrogen-bond acceptors (Lipinski definition) is 5. The van der Waals surface area contributed by atoms with Crippen molar-refractivity contribution in [3.8, 4) is 10.4 Å². The second kappa shape index (κ2) is 7.34. The molecule has 0 radical (unpaired) electrons. The van der Waals surface area contributed by atoms with E-state index in [0.717, 1.165) is 5.56 Å². The first kappa shape index (κ1) is 19.4. The minimum atomic E-state index is -1.40. The third-order valence-electron chi connectivity index (χ3n) is 4.34. The van der Waals surface area contributed by atoms with Crippen LogP contribution in [0.2, 0.25) is 0 Å². The summed E-state index contributed by atoms with van der Waals surface area (Å²) in [6, 6.07) is 8.70. The van der Waals surface area contributed by atoms with Crippen LogP contribution in [0.5, 0.6) is 0 Å². The van der Waals surface area contributed by atoms with E-state index in [2.05, 4.69) is 5.32 Å². The van der Waals surface area contributed by atoms with Gasteiger partial charge in [-0.25, -0.2) is 4.39 Å². The van der Waals surface area contributed by atoms with E-state index < -0.39 is 22.7 Å². The molecule has 0 saturated carbocycles. The van der Waals surface area contributed by atoms with Crippen LogP contribution in [0.25, 0.3) is 10.4 Å². The van der Waals surface area contributed by atoms with Crippen LogP contribution in [-0.2, 0) is 16.9 Å². The summed E-state index contributed by atoms with van der Waals surface area (Å²) in [5.41, 5.74) is 6.15. The highest BCUT2D eigenvalue weighted by Crippen LogP contribution is 2.39. The average Bonchev–Trinajstić information content (AvgIpc) is 3.03. The molecule has 6 nitrogen and oxygen atoms in total. The Morgan fingerprint density at radius 3 is 2.89 bits per heavy atom. The van der Waals surface area contributed by atoms with Crippen molar-refractivity contribution >= 4 is 34.4 Å². The van der Waals surface area contributed by atoms with Gasteiger partial charge in [-0.3, -0.25) is 5.41 Å². The molecular weight excluding hydrogens is 385 g/mol. The Labute approximate surface area is 164 Å². The molecular formula is C18H20FN5OS2. The van der Waals surface area contributed by atoms with Crippen molar-refractivity contribution in [1.82, 2.24) is 9.62 Å². The maximum atomic E-state index is 14.8. The summed E-state index contributed by atoms with van der Waals surface area (Å²) in [6.07, 6.45) is 2.80. The lowest BCUT2D eigenvalue weighted by atomic mass is 10.0. The van der Waals surface area contributed by atoms with E-state index in [4.69, 9.17) is 16.6 Å². The fraction of sp³-hybridized carbons (Fsp3) is 0.222. The fourth-order valence-corrected chi connectivity index (χ4v) is 5.24. The number of nitrogens with two attached hydrogens (primary N) is 1. The molecule has 2 atom stereocenters. The molecule has 2 heterocycles. The molecule has 1 aromatic carbocycles. The maximum Gasteiger partial charge on any atom is 0.234 e. The predicted molar refractivity (Wildman–Crippen MR) is 109 cm³/mol. The predicted octanol–water partition coefficient (Wildman–Crippen LogP) is 2.74. The molecule has 2 unspecified atom stereocenters. The summed E-state index contributed by atoms with van der Waals surface area (Å²) in [5, 5.41) is 18.9. The van der Waals surface area contributed by atoms with E-state index in [1.54, 1.807) is 26.1 Å². The van der Waals surface area contributed by atoms with Gasteiger partial charge in [-0.2, -0.15) is 4.31 Å². The Bertz CT molecular complexity index is 928. The number of thiophene rings is 1. The first-order valence-electron chi connectivity index (χ1n) is 8.11. The zero-order valence-corrected chi connectivity index (χ0v) is 16.5. The van der Waals surface area contributed by atoms with E-state index in [1.165, 1.54) is 34.0 Å². The summed E-state index contributed by atoms with van der Waals surface area (Å²) in [5.74, 6) is -0.225. The lowest BCUT2D eigenvalue weighted by molar-refractivity contribution is 0.410. The van der Waals surface area contributed by atoms with Gasteiger partial charge in [-0.15, -0.1) is 11.3 Å². The van der Waals surface area contributed by atoms with Gasteiger partial charge in [0.15, 0.2) is 5.75 Å². The minimum absolute atomic E-state index is 0.000417. The largest absolute Gasteiger partial charge is 0.593 e. The number of nitrogens with one attached hydrogen (secondary N) is 3. The summed E-state index contributed by atoms with van der Waals surface area (Å²) >= 11 is -0.145. The average molecular weight is 406 g/mol. The highest BCUT2D eigenvalue weighted by molar-refractivity contribution is 7.89. The summed E-state index contributed by atoms with van der Waals surface area (Å²) in [6.45, 7) is 1.75. The van der Waals surface area contributed by atoms with Crippen LogP contribution >= 0.6 is 11.3 Å². The Hall–Kier alpha value is -2.36. The van der Waals surface area contributed by atoms with Crippen molar-refractivity contribution in [2.24, 2.45) is 5.73 Å². The molecule has 2 aromatic rings.